The third kappa shape index (κ3) is 4.43. The standard InChI is InChI=1S/C13H18FNO2/c1-2-3-9-17-12(16)8-7-10-5-4-6-11(15)13(10)14/h4-6H,2-3,7-9,15H2,1H3. The van der Waals surface area contributed by atoms with Gasteiger partial charge in [0, 0.05) is 6.42 Å². The van der Waals surface area contributed by atoms with E-state index in [4.69, 9.17) is 10.5 Å². The van der Waals surface area contributed by atoms with Crippen LogP contribution in [0.1, 0.15) is 31.7 Å². The number of hydrogen-bond acceptors (Lipinski definition) is 3. The molecule has 3 nitrogen and oxygen atoms in total. The third-order valence-electron chi connectivity index (χ3n) is 2.47. The molecule has 0 aliphatic carbocycles. The number of nitrogens with two attached hydrogens (primary N) is 1. The Hall–Kier alpha value is -1.58. The largest absolute Gasteiger partial charge is 0.466 e. The number of esters is 1. The van der Waals surface area contributed by atoms with Crippen molar-refractivity contribution in [1.29, 1.82) is 0 Å². The van der Waals surface area contributed by atoms with Crippen LogP contribution in [0.2, 0.25) is 0 Å². The number of unbranched alkanes of at least 4 members (excludes halogenated alkanes) is 1. The molecule has 0 saturated heterocycles. The molecule has 94 valence electrons. The second kappa shape index (κ2) is 6.89. The van der Waals surface area contributed by atoms with Gasteiger partial charge < -0.3 is 10.5 Å². The minimum atomic E-state index is -0.436. The van der Waals surface area contributed by atoms with Crippen LogP contribution in [0.3, 0.4) is 0 Å². The van der Waals surface area contributed by atoms with Crippen molar-refractivity contribution in [1.82, 2.24) is 0 Å². The number of aryl methyl sites for hydroxylation is 1. The zero-order valence-electron chi connectivity index (χ0n) is 10.0. The van der Waals surface area contributed by atoms with Gasteiger partial charge in [-0.3, -0.25) is 4.79 Å². The summed E-state index contributed by atoms with van der Waals surface area (Å²) in [6, 6.07) is 4.81. The second-order valence-electron chi connectivity index (χ2n) is 3.89. The van der Waals surface area contributed by atoms with E-state index in [-0.39, 0.29) is 18.1 Å². The summed E-state index contributed by atoms with van der Waals surface area (Å²) in [4.78, 5) is 11.3. The predicted molar refractivity (Wildman–Crippen MR) is 65.0 cm³/mol. The Morgan fingerprint density at radius 2 is 2.24 bits per heavy atom. The van der Waals surface area contributed by atoms with E-state index < -0.39 is 5.82 Å². The van der Waals surface area contributed by atoms with E-state index in [1.54, 1.807) is 12.1 Å². The summed E-state index contributed by atoms with van der Waals surface area (Å²) >= 11 is 0. The van der Waals surface area contributed by atoms with Crippen molar-refractivity contribution in [2.24, 2.45) is 0 Å². The number of nitrogen functional groups attached to an aromatic ring is 1. The quantitative estimate of drug-likeness (QED) is 0.471. The van der Waals surface area contributed by atoms with Crippen LogP contribution >= 0.6 is 0 Å². The van der Waals surface area contributed by atoms with Crippen molar-refractivity contribution >= 4 is 11.7 Å². The molecule has 0 bridgehead atoms. The maximum atomic E-state index is 13.5. The van der Waals surface area contributed by atoms with Crippen molar-refractivity contribution in [3.63, 3.8) is 0 Å². The van der Waals surface area contributed by atoms with Gasteiger partial charge in [-0.15, -0.1) is 0 Å². The van der Waals surface area contributed by atoms with Crippen LogP contribution in [0.25, 0.3) is 0 Å². The number of hydrogen-bond donors (Lipinski definition) is 1. The summed E-state index contributed by atoms with van der Waals surface area (Å²) in [6.45, 7) is 2.46. The summed E-state index contributed by atoms with van der Waals surface area (Å²) in [5, 5.41) is 0. The second-order valence-corrected chi connectivity index (χ2v) is 3.89. The van der Waals surface area contributed by atoms with Gasteiger partial charge in [-0.2, -0.15) is 0 Å². The third-order valence-corrected chi connectivity index (χ3v) is 2.47. The molecule has 1 aromatic carbocycles. The van der Waals surface area contributed by atoms with E-state index in [2.05, 4.69) is 0 Å². The van der Waals surface area contributed by atoms with Gasteiger partial charge in [0.15, 0.2) is 0 Å². The lowest BCUT2D eigenvalue weighted by Gasteiger charge is -2.06. The molecule has 0 unspecified atom stereocenters. The van der Waals surface area contributed by atoms with Crippen molar-refractivity contribution in [2.45, 2.75) is 32.6 Å². The minimum absolute atomic E-state index is 0.113. The van der Waals surface area contributed by atoms with Crippen LogP contribution in [0.15, 0.2) is 18.2 Å². The lowest BCUT2D eigenvalue weighted by atomic mass is 10.1. The maximum Gasteiger partial charge on any atom is 0.306 e. The molecule has 0 spiro atoms. The van der Waals surface area contributed by atoms with Crippen LogP contribution in [0.5, 0.6) is 0 Å². The minimum Gasteiger partial charge on any atom is -0.466 e. The number of ether oxygens (including phenoxy) is 1. The zero-order chi connectivity index (χ0) is 12.7. The van der Waals surface area contributed by atoms with Crippen LogP contribution in [-0.2, 0) is 16.0 Å². The smallest absolute Gasteiger partial charge is 0.306 e. The molecular formula is C13H18FNO2. The first-order chi connectivity index (χ1) is 8.15. The van der Waals surface area contributed by atoms with Gasteiger partial charge in [0.2, 0.25) is 0 Å². The first-order valence-electron chi connectivity index (χ1n) is 5.83. The zero-order valence-corrected chi connectivity index (χ0v) is 10.0. The Bertz CT molecular complexity index is 380. The number of carbonyl (C=O) groups excluding carboxylic acids is 1. The lowest BCUT2D eigenvalue weighted by molar-refractivity contribution is -0.143. The molecule has 1 rings (SSSR count). The molecular weight excluding hydrogens is 221 g/mol. The van der Waals surface area contributed by atoms with Gasteiger partial charge in [0.05, 0.1) is 12.3 Å². The van der Waals surface area contributed by atoms with Gasteiger partial charge in [0.25, 0.3) is 0 Å². The maximum absolute atomic E-state index is 13.5. The highest BCUT2D eigenvalue weighted by Crippen LogP contribution is 2.16. The van der Waals surface area contributed by atoms with E-state index in [1.165, 1.54) is 6.07 Å². The summed E-state index contributed by atoms with van der Waals surface area (Å²) in [5.74, 6) is -0.728. The van der Waals surface area contributed by atoms with Gasteiger partial charge >= 0.3 is 5.97 Å². The molecule has 0 radical (unpaired) electrons. The lowest BCUT2D eigenvalue weighted by Crippen LogP contribution is -2.08. The molecule has 0 heterocycles. The summed E-state index contributed by atoms with van der Waals surface area (Å²) in [7, 11) is 0. The fraction of sp³-hybridized carbons (Fsp3) is 0.462. The fourth-order valence-corrected chi connectivity index (χ4v) is 1.43. The highest BCUT2D eigenvalue weighted by molar-refractivity contribution is 5.69. The molecule has 0 aliphatic heterocycles. The fourth-order valence-electron chi connectivity index (χ4n) is 1.43. The Morgan fingerprint density at radius 3 is 2.94 bits per heavy atom. The van der Waals surface area contributed by atoms with E-state index >= 15 is 0 Å². The molecule has 0 amide bonds. The highest BCUT2D eigenvalue weighted by Gasteiger charge is 2.08. The molecule has 0 aliphatic rings. The van der Waals surface area contributed by atoms with Crippen molar-refractivity contribution in [3.05, 3.63) is 29.6 Å². The highest BCUT2D eigenvalue weighted by atomic mass is 19.1. The molecule has 4 heteroatoms. The van der Waals surface area contributed by atoms with Gasteiger partial charge in [0.1, 0.15) is 5.82 Å². The topological polar surface area (TPSA) is 52.3 Å². The summed E-state index contributed by atoms with van der Waals surface area (Å²) in [5.41, 5.74) is 6.00. The average molecular weight is 239 g/mol. The van der Waals surface area contributed by atoms with Crippen LogP contribution < -0.4 is 5.73 Å². The molecule has 0 fully saturated rings. The summed E-state index contributed by atoms with van der Waals surface area (Å²) < 4.78 is 18.5. The monoisotopic (exact) mass is 239 g/mol. The van der Waals surface area contributed by atoms with E-state index in [0.717, 1.165) is 12.8 Å². The van der Waals surface area contributed by atoms with Crippen LogP contribution in [0, 0.1) is 5.82 Å². The first-order valence-corrected chi connectivity index (χ1v) is 5.83. The Kier molecular flexibility index (Phi) is 5.46. The van der Waals surface area contributed by atoms with Crippen LogP contribution in [0.4, 0.5) is 10.1 Å². The molecule has 1 aromatic rings. The van der Waals surface area contributed by atoms with Gasteiger partial charge in [-0.1, -0.05) is 25.5 Å². The average Bonchev–Trinajstić information content (AvgIpc) is 2.31. The molecule has 0 saturated carbocycles. The van der Waals surface area contributed by atoms with E-state index in [1.807, 2.05) is 6.92 Å². The summed E-state index contributed by atoms with van der Waals surface area (Å²) in [6.07, 6.45) is 2.35. The predicted octanol–water partition coefficient (Wildman–Crippen LogP) is 2.68. The van der Waals surface area contributed by atoms with E-state index in [9.17, 15) is 9.18 Å². The number of benzene rings is 1. The molecule has 0 atom stereocenters. The number of carbonyl (C=O) groups is 1. The van der Waals surface area contributed by atoms with Crippen LogP contribution in [-0.4, -0.2) is 12.6 Å². The Labute approximate surface area is 101 Å². The van der Waals surface area contributed by atoms with Crippen molar-refractivity contribution < 1.29 is 13.9 Å². The number of halogens is 1. The molecule has 2 N–H and O–H groups in total. The van der Waals surface area contributed by atoms with Crippen molar-refractivity contribution in [3.8, 4) is 0 Å². The molecule has 0 aromatic heterocycles. The Morgan fingerprint density at radius 1 is 1.47 bits per heavy atom. The SMILES string of the molecule is CCCCOC(=O)CCc1cccc(N)c1F. The molecule has 17 heavy (non-hydrogen) atoms. The van der Waals surface area contributed by atoms with E-state index in [0.29, 0.717) is 18.6 Å². The first kappa shape index (κ1) is 13.5. The number of anilines is 1. The van der Waals surface area contributed by atoms with Gasteiger partial charge in [-0.05, 0) is 24.5 Å². The number of rotatable bonds is 6. The van der Waals surface area contributed by atoms with Crippen molar-refractivity contribution in [2.75, 3.05) is 12.3 Å². The normalized spacial score (nSPS) is 10.2. The Balaban J connectivity index is 2.39. The van der Waals surface area contributed by atoms with Gasteiger partial charge in [-0.25, -0.2) is 4.39 Å².